The molecule has 39 valence electrons. The Morgan fingerprint density at radius 3 is 3.57 bits per heavy atom. The molecule has 1 rings (SSSR count). The molecular formula is C4H6O2P. The number of rotatable bonds is 0. The van der Waals surface area contributed by atoms with Crippen molar-refractivity contribution in [2.24, 2.45) is 0 Å². The highest BCUT2D eigenvalue weighted by molar-refractivity contribution is 7.26. The summed E-state index contributed by atoms with van der Waals surface area (Å²) < 4.78 is 9.65. The fraction of sp³-hybridized carbons (Fsp3) is 0.500. The summed E-state index contributed by atoms with van der Waals surface area (Å²) in [6.07, 6.45) is 4.57. The Morgan fingerprint density at radius 2 is 2.57 bits per heavy atom. The Morgan fingerprint density at radius 1 is 1.57 bits per heavy atom. The molecule has 2 nitrogen and oxygen atoms in total. The molecule has 1 radical (unpaired) electrons. The summed E-state index contributed by atoms with van der Waals surface area (Å²) in [7, 11) is 0.618. The van der Waals surface area contributed by atoms with Crippen LogP contribution in [0.4, 0.5) is 0 Å². The second kappa shape index (κ2) is 3.00. The highest BCUT2D eigenvalue weighted by atomic mass is 31.1. The average molecular weight is 117 g/mol. The van der Waals surface area contributed by atoms with Crippen LogP contribution in [0.15, 0.2) is 12.3 Å². The van der Waals surface area contributed by atoms with E-state index in [1.54, 1.807) is 6.26 Å². The molecule has 7 heavy (non-hydrogen) atoms. The molecule has 0 aliphatic carbocycles. The van der Waals surface area contributed by atoms with Gasteiger partial charge in [0.2, 0.25) is 0 Å². The molecule has 0 fully saturated rings. The third-order valence-corrected chi connectivity index (χ3v) is 1.12. The molecule has 0 aromatic rings. The first kappa shape index (κ1) is 5.07. The Kier molecular flexibility index (Phi) is 2.18. The first-order valence-corrected chi connectivity index (χ1v) is 2.86. The Hall–Kier alpha value is -0.0700. The van der Waals surface area contributed by atoms with Crippen molar-refractivity contribution in [3.05, 3.63) is 12.3 Å². The standard InChI is InChI=1S/C4H6O2P/c1-2-4-6-7-5-3-1/h1,3H,2,4H2. The fourth-order valence-electron chi connectivity index (χ4n) is 0.324. The highest BCUT2D eigenvalue weighted by Gasteiger charge is 1.90. The SMILES string of the molecule is C1=CO[P]OCC1. The van der Waals surface area contributed by atoms with E-state index in [4.69, 9.17) is 9.05 Å². The van der Waals surface area contributed by atoms with E-state index < -0.39 is 0 Å². The van der Waals surface area contributed by atoms with Crippen LogP contribution in [0.3, 0.4) is 0 Å². The smallest absolute Gasteiger partial charge is 0.329 e. The minimum absolute atomic E-state index is 0.618. The summed E-state index contributed by atoms with van der Waals surface area (Å²) in [5.74, 6) is 0. The Labute approximate surface area is 44.5 Å². The number of hydrogen-bond acceptors (Lipinski definition) is 2. The van der Waals surface area contributed by atoms with Gasteiger partial charge in [-0.2, -0.15) is 0 Å². The van der Waals surface area contributed by atoms with Crippen LogP contribution in [0, 0.1) is 0 Å². The Balaban J connectivity index is 2.20. The minimum Gasteiger partial charge on any atom is -0.449 e. The lowest BCUT2D eigenvalue weighted by atomic mass is 10.5. The van der Waals surface area contributed by atoms with Gasteiger partial charge in [0.25, 0.3) is 0 Å². The third kappa shape index (κ3) is 1.91. The lowest BCUT2D eigenvalue weighted by Gasteiger charge is -1.89. The predicted molar refractivity (Wildman–Crippen MR) is 27.7 cm³/mol. The lowest BCUT2D eigenvalue weighted by Crippen LogP contribution is -1.76. The van der Waals surface area contributed by atoms with Gasteiger partial charge in [0, 0.05) is 0 Å². The summed E-state index contributed by atoms with van der Waals surface area (Å²) in [6.45, 7) is 0.776. The van der Waals surface area contributed by atoms with E-state index in [1.807, 2.05) is 6.08 Å². The van der Waals surface area contributed by atoms with Crippen molar-refractivity contribution in [2.75, 3.05) is 6.61 Å². The molecule has 1 aliphatic rings. The highest BCUT2D eigenvalue weighted by Crippen LogP contribution is 2.16. The van der Waals surface area contributed by atoms with E-state index in [-0.39, 0.29) is 0 Å². The van der Waals surface area contributed by atoms with E-state index in [0.717, 1.165) is 13.0 Å². The van der Waals surface area contributed by atoms with Crippen LogP contribution in [-0.2, 0) is 9.05 Å². The Bertz CT molecular complexity index is 64.1. The quantitative estimate of drug-likeness (QED) is 0.449. The van der Waals surface area contributed by atoms with Crippen molar-refractivity contribution in [3.8, 4) is 0 Å². The topological polar surface area (TPSA) is 18.5 Å². The molecule has 0 saturated carbocycles. The van der Waals surface area contributed by atoms with Gasteiger partial charge in [-0.15, -0.1) is 0 Å². The average Bonchev–Trinajstić information content (AvgIpc) is 1.90. The van der Waals surface area contributed by atoms with Crippen molar-refractivity contribution >= 4 is 9.03 Å². The van der Waals surface area contributed by atoms with Gasteiger partial charge >= 0.3 is 9.03 Å². The number of hydrogen-bond donors (Lipinski definition) is 0. The maximum Gasteiger partial charge on any atom is 0.329 e. The molecule has 0 aromatic heterocycles. The van der Waals surface area contributed by atoms with E-state index in [0.29, 0.717) is 9.03 Å². The van der Waals surface area contributed by atoms with Gasteiger partial charge in [0.1, 0.15) is 0 Å². The lowest BCUT2D eigenvalue weighted by molar-refractivity contribution is 0.336. The summed E-state index contributed by atoms with van der Waals surface area (Å²) in [6, 6.07) is 0. The largest absolute Gasteiger partial charge is 0.449 e. The summed E-state index contributed by atoms with van der Waals surface area (Å²) in [5.41, 5.74) is 0. The van der Waals surface area contributed by atoms with Crippen molar-refractivity contribution in [2.45, 2.75) is 6.42 Å². The third-order valence-electron chi connectivity index (χ3n) is 0.629. The molecule has 0 amide bonds. The van der Waals surface area contributed by atoms with Crippen molar-refractivity contribution in [1.29, 1.82) is 0 Å². The first-order chi connectivity index (χ1) is 3.50. The van der Waals surface area contributed by atoms with Gasteiger partial charge in [0.15, 0.2) is 0 Å². The molecule has 0 spiro atoms. The van der Waals surface area contributed by atoms with Crippen LogP contribution in [0.5, 0.6) is 0 Å². The molecule has 0 N–H and O–H groups in total. The van der Waals surface area contributed by atoms with E-state index in [1.165, 1.54) is 0 Å². The monoisotopic (exact) mass is 117 g/mol. The van der Waals surface area contributed by atoms with Crippen LogP contribution in [0.1, 0.15) is 6.42 Å². The van der Waals surface area contributed by atoms with Gasteiger partial charge in [-0.05, 0) is 12.5 Å². The zero-order valence-corrected chi connectivity index (χ0v) is 4.73. The van der Waals surface area contributed by atoms with Crippen LogP contribution >= 0.6 is 9.03 Å². The van der Waals surface area contributed by atoms with Crippen LogP contribution in [0.2, 0.25) is 0 Å². The first-order valence-electron chi connectivity index (χ1n) is 2.13. The summed E-state index contributed by atoms with van der Waals surface area (Å²) in [5, 5.41) is 0. The zero-order chi connectivity index (χ0) is 4.95. The van der Waals surface area contributed by atoms with E-state index >= 15 is 0 Å². The van der Waals surface area contributed by atoms with Crippen LogP contribution in [-0.4, -0.2) is 6.61 Å². The summed E-state index contributed by atoms with van der Waals surface area (Å²) in [4.78, 5) is 0. The van der Waals surface area contributed by atoms with Gasteiger partial charge in [-0.3, -0.25) is 0 Å². The molecule has 0 unspecified atom stereocenters. The van der Waals surface area contributed by atoms with E-state index in [2.05, 4.69) is 0 Å². The zero-order valence-electron chi connectivity index (χ0n) is 3.83. The molecule has 0 atom stereocenters. The minimum atomic E-state index is 0.618. The second-order valence-electron chi connectivity index (χ2n) is 1.17. The maximum absolute atomic E-state index is 4.88. The normalized spacial score (nSPS) is 24.0. The fourth-order valence-corrected chi connectivity index (χ4v) is 0.701. The van der Waals surface area contributed by atoms with E-state index in [9.17, 15) is 0 Å². The maximum atomic E-state index is 4.88. The van der Waals surface area contributed by atoms with Gasteiger partial charge < -0.3 is 9.05 Å². The van der Waals surface area contributed by atoms with Gasteiger partial charge in [0.05, 0.1) is 12.9 Å². The van der Waals surface area contributed by atoms with Gasteiger partial charge in [-0.1, -0.05) is 0 Å². The van der Waals surface area contributed by atoms with Crippen molar-refractivity contribution in [3.63, 3.8) is 0 Å². The van der Waals surface area contributed by atoms with Crippen molar-refractivity contribution in [1.82, 2.24) is 0 Å². The summed E-state index contributed by atoms with van der Waals surface area (Å²) >= 11 is 0. The van der Waals surface area contributed by atoms with Gasteiger partial charge in [-0.25, -0.2) is 0 Å². The molecule has 1 aliphatic heterocycles. The molecule has 3 heteroatoms. The molecular weight excluding hydrogens is 111 g/mol. The second-order valence-corrected chi connectivity index (χ2v) is 1.79. The molecule has 1 heterocycles. The molecule has 0 saturated heterocycles. The van der Waals surface area contributed by atoms with Crippen LogP contribution in [0.25, 0.3) is 0 Å². The van der Waals surface area contributed by atoms with Crippen LogP contribution < -0.4 is 0 Å². The van der Waals surface area contributed by atoms with Crippen molar-refractivity contribution < 1.29 is 9.05 Å². The molecule has 0 aromatic carbocycles. The molecule has 0 bridgehead atoms. The predicted octanol–water partition coefficient (Wildman–Crippen LogP) is 1.71.